The largest absolute Gasteiger partial charge is 0.343 e. The van der Waals surface area contributed by atoms with Gasteiger partial charge < -0.3 is 15.5 Å². The average Bonchev–Trinajstić information content (AvgIpc) is 3.14. The second kappa shape index (κ2) is 9.36. The van der Waals surface area contributed by atoms with Crippen LogP contribution in [0, 0.1) is 0 Å². The van der Waals surface area contributed by atoms with E-state index in [-0.39, 0.29) is 24.3 Å². The van der Waals surface area contributed by atoms with Crippen LogP contribution in [0.2, 0.25) is 0 Å². The first-order valence-corrected chi connectivity index (χ1v) is 10.1. The predicted octanol–water partition coefficient (Wildman–Crippen LogP) is 2.69. The number of nitrogens with one attached hydrogen (secondary N) is 2. The van der Waals surface area contributed by atoms with E-state index in [1.807, 2.05) is 13.0 Å². The van der Waals surface area contributed by atoms with E-state index in [0.29, 0.717) is 24.2 Å². The Morgan fingerprint density at radius 3 is 2.57 bits per heavy atom. The van der Waals surface area contributed by atoms with Crippen molar-refractivity contribution in [3.63, 3.8) is 0 Å². The minimum absolute atomic E-state index is 0.102. The summed E-state index contributed by atoms with van der Waals surface area (Å²) in [7, 11) is 0. The highest BCUT2D eigenvalue weighted by Gasteiger charge is 2.21. The van der Waals surface area contributed by atoms with Gasteiger partial charge in [-0.2, -0.15) is 0 Å². The number of carbonyl (C=O) groups excluding carboxylic acids is 3. The van der Waals surface area contributed by atoms with Gasteiger partial charge in [-0.15, -0.1) is 11.8 Å². The van der Waals surface area contributed by atoms with E-state index in [1.54, 1.807) is 53.2 Å². The summed E-state index contributed by atoms with van der Waals surface area (Å²) in [5, 5.41) is 6.19. The maximum atomic E-state index is 12.2. The Labute approximate surface area is 167 Å². The van der Waals surface area contributed by atoms with Crippen LogP contribution in [0.4, 0.5) is 11.4 Å². The lowest BCUT2D eigenvalue weighted by Crippen LogP contribution is -2.33. The zero-order valence-electron chi connectivity index (χ0n) is 15.6. The number of nitrogens with zero attached hydrogens (tertiary/aromatic N) is 2. The number of hydrogen-bond donors (Lipinski definition) is 2. The zero-order chi connectivity index (χ0) is 19.9. The maximum Gasteiger partial charge on any atom is 0.251 e. The molecule has 2 heterocycles. The molecule has 1 aromatic heterocycles. The van der Waals surface area contributed by atoms with Gasteiger partial charge in [-0.1, -0.05) is 6.92 Å². The lowest BCUT2D eigenvalue weighted by atomic mass is 10.2. The molecule has 2 aromatic rings. The van der Waals surface area contributed by atoms with Crippen molar-refractivity contribution in [2.75, 3.05) is 29.1 Å². The van der Waals surface area contributed by atoms with E-state index in [4.69, 9.17) is 0 Å². The van der Waals surface area contributed by atoms with Crippen molar-refractivity contribution in [2.45, 2.75) is 24.8 Å². The van der Waals surface area contributed by atoms with E-state index < -0.39 is 0 Å². The molecule has 8 heteroatoms. The fourth-order valence-corrected chi connectivity index (χ4v) is 3.46. The van der Waals surface area contributed by atoms with Crippen LogP contribution in [0.1, 0.15) is 30.1 Å². The first-order valence-electron chi connectivity index (χ1n) is 9.14. The highest BCUT2D eigenvalue weighted by molar-refractivity contribution is 7.99. The van der Waals surface area contributed by atoms with Crippen molar-refractivity contribution < 1.29 is 14.4 Å². The number of anilines is 2. The summed E-state index contributed by atoms with van der Waals surface area (Å²) in [5.41, 5.74) is 1.80. The van der Waals surface area contributed by atoms with Gasteiger partial charge in [-0.3, -0.25) is 14.4 Å². The molecule has 146 valence electrons. The van der Waals surface area contributed by atoms with Gasteiger partial charge in [0.1, 0.15) is 0 Å². The summed E-state index contributed by atoms with van der Waals surface area (Å²) in [4.78, 5) is 42.0. The maximum absolute atomic E-state index is 12.2. The van der Waals surface area contributed by atoms with Crippen molar-refractivity contribution in [1.29, 1.82) is 0 Å². The summed E-state index contributed by atoms with van der Waals surface area (Å²) < 4.78 is 0. The zero-order valence-corrected chi connectivity index (χ0v) is 16.4. The quantitative estimate of drug-likeness (QED) is 0.700. The predicted molar refractivity (Wildman–Crippen MR) is 110 cm³/mol. The Kier molecular flexibility index (Phi) is 6.65. The summed E-state index contributed by atoms with van der Waals surface area (Å²) in [6.07, 6.45) is 3.01. The van der Waals surface area contributed by atoms with E-state index >= 15 is 0 Å². The lowest BCUT2D eigenvalue weighted by molar-refractivity contribution is -0.117. The molecule has 0 bridgehead atoms. The first kappa shape index (κ1) is 19.9. The topological polar surface area (TPSA) is 91.4 Å². The standard InChI is InChI=1S/C20H22N4O3S/c1-2-28-18-10-7-15(12-21-18)23-17(25)13-22-20(27)14-5-8-16(9-6-14)24-11-3-4-19(24)26/h5-10,12H,2-4,11,13H2,1H3,(H,22,27)(H,23,25). The van der Waals surface area contributed by atoms with Crippen LogP contribution in [0.25, 0.3) is 0 Å². The summed E-state index contributed by atoms with van der Waals surface area (Å²) in [6.45, 7) is 2.61. The smallest absolute Gasteiger partial charge is 0.251 e. The third-order valence-electron chi connectivity index (χ3n) is 4.24. The number of carbonyl (C=O) groups is 3. The lowest BCUT2D eigenvalue weighted by Gasteiger charge is -2.15. The minimum Gasteiger partial charge on any atom is -0.343 e. The van der Waals surface area contributed by atoms with Crippen molar-refractivity contribution >= 4 is 40.9 Å². The number of rotatable bonds is 7. The first-order chi connectivity index (χ1) is 13.6. The van der Waals surface area contributed by atoms with E-state index in [9.17, 15) is 14.4 Å². The van der Waals surface area contributed by atoms with Crippen LogP contribution in [0.5, 0.6) is 0 Å². The number of hydrogen-bond acceptors (Lipinski definition) is 5. The number of benzene rings is 1. The molecule has 1 fully saturated rings. The summed E-state index contributed by atoms with van der Waals surface area (Å²) >= 11 is 1.62. The van der Waals surface area contributed by atoms with Crippen molar-refractivity contribution in [2.24, 2.45) is 0 Å². The Bertz CT molecular complexity index is 853. The third-order valence-corrected chi connectivity index (χ3v) is 5.06. The van der Waals surface area contributed by atoms with Gasteiger partial charge in [-0.25, -0.2) is 4.98 Å². The van der Waals surface area contributed by atoms with Crippen molar-refractivity contribution in [3.8, 4) is 0 Å². The molecule has 0 atom stereocenters. The van der Waals surface area contributed by atoms with Crippen molar-refractivity contribution in [1.82, 2.24) is 10.3 Å². The number of pyridine rings is 1. The molecule has 1 aliphatic rings. The van der Waals surface area contributed by atoms with Crippen LogP contribution in [-0.4, -0.2) is 41.5 Å². The highest BCUT2D eigenvalue weighted by Crippen LogP contribution is 2.21. The molecular formula is C20H22N4O3S. The average molecular weight is 398 g/mol. The Hall–Kier alpha value is -2.87. The molecule has 1 aromatic carbocycles. The highest BCUT2D eigenvalue weighted by atomic mass is 32.2. The normalized spacial score (nSPS) is 13.5. The number of amides is 3. The molecule has 1 saturated heterocycles. The minimum atomic E-state index is -0.345. The van der Waals surface area contributed by atoms with Gasteiger partial charge in [0.15, 0.2) is 0 Å². The Morgan fingerprint density at radius 1 is 1.18 bits per heavy atom. The molecular weight excluding hydrogens is 376 g/mol. The molecule has 0 aliphatic carbocycles. The van der Waals surface area contributed by atoms with Gasteiger partial charge in [0.2, 0.25) is 11.8 Å². The molecule has 3 rings (SSSR count). The van der Waals surface area contributed by atoms with Crippen LogP contribution < -0.4 is 15.5 Å². The van der Waals surface area contributed by atoms with Crippen LogP contribution in [0.15, 0.2) is 47.6 Å². The molecule has 0 radical (unpaired) electrons. The SMILES string of the molecule is CCSc1ccc(NC(=O)CNC(=O)c2ccc(N3CCCC3=O)cc2)cn1. The summed E-state index contributed by atoms with van der Waals surface area (Å²) in [6, 6.07) is 10.4. The van der Waals surface area contributed by atoms with Crippen LogP contribution in [0.3, 0.4) is 0 Å². The molecule has 3 amide bonds. The fraction of sp³-hybridized carbons (Fsp3) is 0.300. The van der Waals surface area contributed by atoms with Crippen molar-refractivity contribution in [3.05, 3.63) is 48.2 Å². The second-order valence-corrected chi connectivity index (χ2v) is 7.53. The van der Waals surface area contributed by atoms with Crippen LogP contribution >= 0.6 is 11.8 Å². The molecule has 2 N–H and O–H groups in total. The van der Waals surface area contributed by atoms with Gasteiger partial charge in [0.25, 0.3) is 5.91 Å². The van der Waals surface area contributed by atoms with Crippen LogP contribution in [-0.2, 0) is 9.59 Å². The van der Waals surface area contributed by atoms with E-state index in [1.165, 1.54) is 0 Å². The van der Waals surface area contributed by atoms with Gasteiger partial charge in [-0.05, 0) is 48.6 Å². The second-order valence-electron chi connectivity index (χ2n) is 6.24. The summed E-state index contributed by atoms with van der Waals surface area (Å²) in [5.74, 6) is 0.359. The molecule has 28 heavy (non-hydrogen) atoms. The Balaban J connectivity index is 1.49. The van der Waals surface area contributed by atoms with E-state index in [2.05, 4.69) is 15.6 Å². The molecule has 1 aliphatic heterocycles. The monoisotopic (exact) mass is 398 g/mol. The van der Waals surface area contributed by atoms with Gasteiger partial charge in [0.05, 0.1) is 23.5 Å². The molecule has 0 spiro atoms. The van der Waals surface area contributed by atoms with Gasteiger partial charge >= 0.3 is 0 Å². The third kappa shape index (κ3) is 5.10. The van der Waals surface area contributed by atoms with Gasteiger partial charge in [0, 0.05) is 24.2 Å². The fourth-order valence-electron chi connectivity index (χ4n) is 2.87. The number of thioether (sulfide) groups is 1. The van der Waals surface area contributed by atoms with E-state index in [0.717, 1.165) is 22.9 Å². The number of aromatic nitrogens is 1. The Morgan fingerprint density at radius 2 is 1.96 bits per heavy atom. The molecule has 0 unspecified atom stereocenters. The molecule has 0 saturated carbocycles. The molecule has 7 nitrogen and oxygen atoms in total.